The molecular weight excluding hydrogens is 200 g/mol. The molecular formula is C13H20N2O. The average molecular weight is 220 g/mol. The second-order valence-corrected chi connectivity index (χ2v) is 4.65. The van der Waals surface area contributed by atoms with Gasteiger partial charge in [-0.1, -0.05) is 0 Å². The predicted molar refractivity (Wildman–Crippen MR) is 64.4 cm³/mol. The highest BCUT2D eigenvalue weighted by Gasteiger charge is 2.22. The van der Waals surface area contributed by atoms with Crippen LogP contribution in [0.5, 0.6) is 0 Å². The lowest BCUT2D eigenvalue weighted by atomic mass is 10.1. The van der Waals surface area contributed by atoms with Gasteiger partial charge in [-0.05, 0) is 45.2 Å². The summed E-state index contributed by atoms with van der Waals surface area (Å²) in [4.78, 5) is 11.1. The predicted octanol–water partition coefficient (Wildman–Crippen LogP) is 1.95. The molecule has 3 nitrogen and oxygen atoms in total. The molecule has 1 aromatic heterocycles. The third-order valence-electron chi connectivity index (χ3n) is 3.55. The van der Waals surface area contributed by atoms with E-state index in [1.54, 1.807) is 0 Å². The van der Waals surface area contributed by atoms with Crippen LogP contribution < -0.4 is 5.32 Å². The minimum absolute atomic E-state index is 0.203. The Hall–Kier alpha value is -1.25. The third kappa shape index (κ3) is 1.99. The van der Waals surface area contributed by atoms with Gasteiger partial charge in [0, 0.05) is 30.4 Å². The van der Waals surface area contributed by atoms with Crippen molar-refractivity contribution in [1.82, 2.24) is 9.88 Å². The van der Waals surface area contributed by atoms with Gasteiger partial charge in [-0.3, -0.25) is 4.79 Å². The van der Waals surface area contributed by atoms with Crippen molar-refractivity contribution in [2.24, 2.45) is 0 Å². The fourth-order valence-electron chi connectivity index (χ4n) is 2.66. The number of carbonyl (C=O) groups is 1. The molecule has 0 aliphatic carbocycles. The van der Waals surface area contributed by atoms with E-state index in [9.17, 15) is 4.79 Å². The molecule has 1 fully saturated rings. The van der Waals surface area contributed by atoms with E-state index in [0.717, 1.165) is 19.4 Å². The SMILES string of the molecule is CCn1c(C)cc(CC2CCC(=O)N2)c1C. The molecule has 88 valence electrons. The normalized spacial score (nSPS) is 20.2. The number of aryl methyl sites for hydroxylation is 1. The van der Waals surface area contributed by atoms with E-state index in [0.29, 0.717) is 12.5 Å². The van der Waals surface area contributed by atoms with Gasteiger partial charge in [0.25, 0.3) is 0 Å². The first-order valence-corrected chi connectivity index (χ1v) is 6.06. The van der Waals surface area contributed by atoms with Gasteiger partial charge in [0.1, 0.15) is 0 Å². The van der Waals surface area contributed by atoms with Crippen LogP contribution in [0.2, 0.25) is 0 Å². The molecule has 1 atom stereocenters. The Labute approximate surface area is 96.8 Å². The van der Waals surface area contributed by atoms with Crippen LogP contribution in [0, 0.1) is 13.8 Å². The quantitative estimate of drug-likeness (QED) is 0.830. The first-order valence-electron chi connectivity index (χ1n) is 6.06. The maximum absolute atomic E-state index is 11.1. The van der Waals surface area contributed by atoms with Gasteiger partial charge in [-0.15, -0.1) is 0 Å². The zero-order valence-corrected chi connectivity index (χ0v) is 10.3. The highest BCUT2D eigenvalue weighted by molar-refractivity contribution is 5.78. The van der Waals surface area contributed by atoms with Gasteiger partial charge in [0.05, 0.1) is 0 Å². The summed E-state index contributed by atoms with van der Waals surface area (Å²) >= 11 is 0. The van der Waals surface area contributed by atoms with E-state index in [2.05, 4.69) is 36.7 Å². The topological polar surface area (TPSA) is 34.0 Å². The molecule has 0 aromatic carbocycles. The Morgan fingerprint density at radius 3 is 2.75 bits per heavy atom. The lowest BCUT2D eigenvalue weighted by Gasteiger charge is -2.10. The molecule has 1 aliphatic rings. The Balaban J connectivity index is 2.12. The van der Waals surface area contributed by atoms with Crippen molar-refractivity contribution in [3.8, 4) is 0 Å². The molecule has 1 aliphatic heterocycles. The summed E-state index contributed by atoms with van der Waals surface area (Å²) in [6.07, 6.45) is 2.65. The number of nitrogens with zero attached hydrogens (tertiary/aromatic N) is 1. The van der Waals surface area contributed by atoms with Gasteiger partial charge < -0.3 is 9.88 Å². The number of rotatable bonds is 3. The summed E-state index contributed by atoms with van der Waals surface area (Å²) in [7, 11) is 0. The molecule has 1 saturated heterocycles. The molecule has 1 unspecified atom stereocenters. The zero-order chi connectivity index (χ0) is 11.7. The fourth-order valence-corrected chi connectivity index (χ4v) is 2.66. The Bertz CT molecular complexity index is 406. The summed E-state index contributed by atoms with van der Waals surface area (Å²) in [5.41, 5.74) is 4.05. The maximum atomic E-state index is 11.1. The monoisotopic (exact) mass is 220 g/mol. The van der Waals surface area contributed by atoms with E-state index in [-0.39, 0.29) is 5.91 Å². The molecule has 1 amide bonds. The summed E-state index contributed by atoms with van der Waals surface area (Å²) in [5.74, 6) is 0.203. The summed E-state index contributed by atoms with van der Waals surface area (Å²) in [6.45, 7) is 7.51. The number of hydrogen-bond acceptors (Lipinski definition) is 1. The number of aromatic nitrogens is 1. The second kappa shape index (κ2) is 4.32. The van der Waals surface area contributed by atoms with E-state index < -0.39 is 0 Å². The Kier molecular flexibility index (Phi) is 3.03. The van der Waals surface area contributed by atoms with Crippen molar-refractivity contribution in [2.45, 2.75) is 52.6 Å². The van der Waals surface area contributed by atoms with Gasteiger partial charge in [0.2, 0.25) is 5.91 Å². The Morgan fingerprint density at radius 2 is 2.25 bits per heavy atom. The molecule has 16 heavy (non-hydrogen) atoms. The molecule has 1 N–H and O–H groups in total. The van der Waals surface area contributed by atoms with Crippen molar-refractivity contribution in [1.29, 1.82) is 0 Å². The second-order valence-electron chi connectivity index (χ2n) is 4.65. The maximum Gasteiger partial charge on any atom is 0.220 e. The molecule has 0 bridgehead atoms. The van der Waals surface area contributed by atoms with E-state index in [4.69, 9.17) is 0 Å². The van der Waals surface area contributed by atoms with Crippen molar-refractivity contribution in [3.05, 3.63) is 23.0 Å². The lowest BCUT2D eigenvalue weighted by Crippen LogP contribution is -2.27. The average Bonchev–Trinajstić information content (AvgIpc) is 2.74. The largest absolute Gasteiger partial charge is 0.353 e. The number of carbonyl (C=O) groups excluding carboxylic acids is 1. The number of nitrogens with one attached hydrogen (secondary N) is 1. The standard InChI is InChI=1S/C13H20N2O/c1-4-15-9(2)7-11(10(15)3)8-12-5-6-13(16)14-12/h7,12H,4-6,8H2,1-3H3,(H,14,16). The number of amides is 1. The van der Waals surface area contributed by atoms with Crippen LogP contribution in [-0.4, -0.2) is 16.5 Å². The Morgan fingerprint density at radius 1 is 1.50 bits per heavy atom. The van der Waals surface area contributed by atoms with Crippen LogP contribution in [0.3, 0.4) is 0 Å². The summed E-state index contributed by atoms with van der Waals surface area (Å²) in [6, 6.07) is 2.60. The number of hydrogen-bond donors (Lipinski definition) is 1. The molecule has 0 radical (unpaired) electrons. The van der Waals surface area contributed by atoms with Crippen LogP contribution in [-0.2, 0) is 17.8 Å². The summed E-state index contributed by atoms with van der Waals surface area (Å²) < 4.78 is 2.33. The van der Waals surface area contributed by atoms with Crippen LogP contribution in [0.1, 0.15) is 36.7 Å². The van der Waals surface area contributed by atoms with E-state index >= 15 is 0 Å². The molecule has 2 heterocycles. The van der Waals surface area contributed by atoms with Crippen molar-refractivity contribution in [2.75, 3.05) is 0 Å². The van der Waals surface area contributed by atoms with Crippen molar-refractivity contribution in [3.63, 3.8) is 0 Å². The van der Waals surface area contributed by atoms with Crippen molar-refractivity contribution >= 4 is 5.91 Å². The first-order chi connectivity index (χ1) is 7.61. The highest BCUT2D eigenvalue weighted by atomic mass is 16.1. The third-order valence-corrected chi connectivity index (χ3v) is 3.55. The van der Waals surface area contributed by atoms with Gasteiger partial charge in [0.15, 0.2) is 0 Å². The van der Waals surface area contributed by atoms with E-state index in [1.165, 1.54) is 17.0 Å². The zero-order valence-electron chi connectivity index (χ0n) is 10.3. The van der Waals surface area contributed by atoms with Crippen LogP contribution >= 0.6 is 0 Å². The van der Waals surface area contributed by atoms with Crippen LogP contribution in [0.25, 0.3) is 0 Å². The van der Waals surface area contributed by atoms with E-state index in [1.807, 2.05) is 0 Å². The minimum Gasteiger partial charge on any atom is -0.353 e. The molecule has 0 spiro atoms. The molecule has 0 saturated carbocycles. The molecule has 3 heteroatoms. The molecule has 2 rings (SSSR count). The van der Waals surface area contributed by atoms with Crippen molar-refractivity contribution < 1.29 is 4.79 Å². The van der Waals surface area contributed by atoms with Gasteiger partial charge >= 0.3 is 0 Å². The summed E-state index contributed by atoms with van der Waals surface area (Å²) in [5, 5.41) is 3.03. The van der Waals surface area contributed by atoms with Crippen LogP contribution in [0.4, 0.5) is 0 Å². The molecule has 1 aromatic rings. The first kappa shape index (κ1) is 11.2. The smallest absolute Gasteiger partial charge is 0.220 e. The minimum atomic E-state index is 0.203. The highest BCUT2D eigenvalue weighted by Crippen LogP contribution is 2.19. The van der Waals surface area contributed by atoms with Crippen LogP contribution in [0.15, 0.2) is 6.07 Å². The van der Waals surface area contributed by atoms with Gasteiger partial charge in [-0.25, -0.2) is 0 Å². The lowest BCUT2D eigenvalue weighted by molar-refractivity contribution is -0.119. The fraction of sp³-hybridized carbons (Fsp3) is 0.615. The van der Waals surface area contributed by atoms with Gasteiger partial charge in [-0.2, -0.15) is 0 Å².